The summed E-state index contributed by atoms with van der Waals surface area (Å²) in [7, 11) is 0. The number of nitrogens with zero attached hydrogens (tertiary/aromatic N) is 6. The second kappa shape index (κ2) is 10.7. The summed E-state index contributed by atoms with van der Waals surface area (Å²) in [4.78, 5) is 20.6. The van der Waals surface area contributed by atoms with Gasteiger partial charge >= 0.3 is 0 Å². The molecule has 1 aliphatic carbocycles. The van der Waals surface area contributed by atoms with Gasteiger partial charge in [0.2, 0.25) is 5.95 Å². The van der Waals surface area contributed by atoms with Crippen LogP contribution in [0.25, 0.3) is 0 Å². The highest BCUT2D eigenvalue weighted by Crippen LogP contribution is 2.34. The fourth-order valence-electron chi connectivity index (χ4n) is 4.74. The number of aromatic nitrogens is 2. The van der Waals surface area contributed by atoms with Gasteiger partial charge in [-0.25, -0.2) is 9.97 Å². The zero-order valence-corrected chi connectivity index (χ0v) is 19.5. The fourth-order valence-corrected chi connectivity index (χ4v) is 4.74. The molecular weight excluding hydrogens is 481 g/mol. The molecule has 3 heterocycles. The van der Waals surface area contributed by atoms with Crippen LogP contribution in [-0.4, -0.2) is 90.3 Å². The summed E-state index contributed by atoms with van der Waals surface area (Å²) in [6.45, 7) is 7.98. The molecule has 4 rings (SSSR count). The molecule has 1 saturated carbocycles. The van der Waals surface area contributed by atoms with Gasteiger partial charge in [-0.3, -0.25) is 9.89 Å². The molecule has 3 aliphatic rings. The molecule has 2 saturated heterocycles. The van der Waals surface area contributed by atoms with Crippen LogP contribution in [0.2, 0.25) is 0 Å². The Hall–Kier alpha value is -1.20. The largest absolute Gasteiger partial charge is 0.379 e. The highest BCUT2D eigenvalue weighted by Gasteiger charge is 2.38. The molecule has 0 atom stereocenters. The summed E-state index contributed by atoms with van der Waals surface area (Å²) in [6.07, 6.45) is 9.96. The van der Waals surface area contributed by atoms with E-state index < -0.39 is 0 Å². The lowest BCUT2D eigenvalue weighted by atomic mass is 9.80. The predicted molar refractivity (Wildman–Crippen MR) is 126 cm³/mol. The Kier molecular flexibility index (Phi) is 8.31. The van der Waals surface area contributed by atoms with Gasteiger partial charge in [-0.2, -0.15) is 0 Å². The lowest BCUT2D eigenvalue weighted by molar-refractivity contribution is -0.0334. The molecule has 0 bridgehead atoms. The lowest BCUT2D eigenvalue weighted by Crippen LogP contribution is -2.57. The third-order valence-electron chi connectivity index (χ3n) is 6.44. The maximum atomic E-state index is 6.42. The molecule has 0 unspecified atom stereocenters. The fraction of sp³-hybridized carbons (Fsp3) is 0.750. The van der Waals surface area contributed by atoms with Crippen molar-refractivity contribution in [2.24, 2.45) is 10.7 Å². The monoisotopic (exact) mass is 515 g/mol. The molecule has 1 aromatic heterocycles. The maximum absolute atomic E-state index is 6.42. The summed E-state index contributed by atoms with van der Waals surface area (Å²) in [5, 5.41) is 0. The summed E-state index contributed by atoms with van der Waals surface area (Å²) in [6, 6.07) is 1.85. The third kappa shape index (κ3) is 5.49. The van der Waals surface area contributed by atoms with Crippen molar-refractivity contribution in [1.82, 2.24) is 19.8 Å². The maximum Gasteiger partial charge on any atom is 0.225 e. The minimum Gasteiger partial charge on any atom is -0.379 e. The SMILES string of the molecule is I.NC(=NCC1(N2CCOCC2)CCCCC1)N1CCN(c2ncccn2)CC1. The van der Waals surface area contributed by atoms with Crippen LogP contribution >= 0.6 is 24.0 Å². The Bertz CT molecular complexity index is 639. The Balaban J connectivity index is 0.00000240. The van der Waals surface area contributed by atoms with Gasteiger partial charge in [0.25, 0.3) is 0 Å². The minimum atomic E-state index is 0. The van der Waals surface area contributed by atoms with Crippen LogP contribution in [0.15, 0.2) is 23.5 Å². The van der Waals surface area contributed by atoms with E-state index in [9.17, 15) is 0 Å². The number of rotatable bonds is 4. The molecule has 2 N–H and O–H groups in total. The number of ether oxygens (including phenoxy) is 1. The second-order valence-electron chi connectivity index (χ2n) is 8.08. The molecule has 2 aliphatic heterocycles. The van der Waals surface area contributed by atoms with Crippen molar-refractivity contribution in [3.05, 3.63) is 18.5 Å². The van der Waals surface area contributed by atoms with Gasteiger partial charge in [-0.15, -0.1) is 24.0 Å². The van der Waals surface area contributed by atoms with Crippen LogP contribution < -0.4 is 10.6 Å². The molecule has 0 radical (unpaired) electrons. The average Bonchev–Trinajstić information content (AvgIpc) is 2.79. The van der Waals surface area contributed by atoms with E-state index >= 15 is 0 Å². The van der Waals surface area contributed by atoms with Crippen LogP contribution in [0.5, 0.6) is 0 Å². The normalized spacial score (nSPS) is 23.5. The van der Waals surface area contributed by atoms with Crippen molar-refractivity contribution < 1.29 is 4.74 Å². The molecule has 0 aromatic carbocycles. The van der Waals surface area contributed by atoms with Gasteiger partial charge in [0.1, 0.15) is 0 Å². The minimum absolute atomic E-state index is 0. The van der Waals surface area contributed by atoms with Crippen molar-refractivity contribution in [1.29, 1.82) is 0 Å². The quantitative estimate of drug-likeness (QED) is 0.370. The van der Waals surface area contributed by atoms with Crippen LogP contribution in [0, 0.1) is 0 Å². The molecular formula is C20H34IN7O. The number of morpholine rings is 1. The molecule has 162 valence electrons. The summed E-state index contributed by atoms with van der Waals surface area (Å²) in [5.41, 5.74) is 6.59. The summed E-state index contributed by atoms with van der Waals surface area (Å²) >= 11 is 0. The number of nitrogens with two attached hydrogens (primary N) is 1. The number of hydrogen-bond donors (Lipinski definition) is 1. The number of guanidine groups is 1. The zero-order chi connectivity index (χ0) is 19.2. The van der Waals surface area contributed by atoms with Crippen molar-refractivity contribution in [2.75, 3.05) is 63.9 Å². The molecule has 1 aromatic rings. The van der Waals surface area contributed by atoms with E-state index in [-0.39, 0.29) is 29.5 Å². The summed E-state index contributed by atoms with van der Waals surface area (Å²) in [5.74, 6) is 1.48. The van der Waals surface area contributed by atoms with Crippen molar-refractivity contribution in [3.63, 3.8) is 0 Å². The van der Waals surface area contributed by atoms with Gasteiger partial charge < -0.3 is 20.3 Å². The molecule has 0 spiro atoms. The standard InChI is InChI=1S/C20H33N7O.HI/c21-18(25-9-11-26(12-10-25)19-22-7-4-8-23-19)24-17-20(5-2-1-3-6-20)27-13-15-28-16-14-27;/h4,7-8H,1-3,5-6,9-17H2,(H2,21,24);1H. The van der Waals surface area contributed by atoms with E-state index in [2.05, 4.69) is 24.7 Å². The summed E-state index contributed by atoms with van der Waals surface area (Å²) < 4.78 is 5.58. The topological polar surface area (TPSA) is 83.1 Å². The van der Waals surface area contributed by atoms with Crippen molar-refractivity contribution in [2.45, 2.75) is 37.6 Å². The van der Waals surface area contributed by atoms with Gasteiger partial charge in [0.05, 0.1) is 19.8 Å². The van der Waals surface area contributed by atoms with Crippen LogP contribution in [0.3, 0.4) is 0 Å². The average molecular weight is 515 g/mol. The number of aliphatic imine (C=N–C) groups is 1. The van der Waals surface area contributed by atoms with Crippen molar-refractivity contribution >= 4 is 35.9 Å². The van der Waals surface area contributed by atoms with Gasteiger partial charge in [0.15, 0.2) is 5.96 Å². The Morgan fingerprint density at radius 3 is 2.31 bits per heavy atom. The zero-order valence-electron chi connectivity index (χ0n) is 17.2. The van der Waals surface area contributed by atoms with E-state index in [1.807, 2.05) is 6.07 Å². The van der Waals surface area contributed by atoms with E-state index in [1.165, 1.54) is 32.1 Å². The molecule has 3 fully saturated rings. The highest BCUT2D eigenvalue weighted by atomic mass is 127. The number of halogens is 1. The smallest absolute Gasteiger partial charge is 0.225 e. The van der Waals surface area contributed by atoms with Crippen LogP contribution in [-0.2, 0) is 4.74 Å². The second-order valence-corrected chi connectivity index (χ2v) is 8.08. The first kappa shape index (κ1) is 22.5. The van der Waals surface area contributed by atoms with Crippen molar-refractivity contribution in [3.8, 4) is 0 Å². The van der Waals surface area contributed by atoms with Gasteiger partial charge in [-0.1, -0.05) is 19.3 Å². The van der Waals surface area contributed by atoms with Gasteiger partial charge in [0, 0.05) is 57.2 Å². The Labute approximate surface area is 190 Å². The molecule has 8 nitrogen and oxygen atoms in total. The Morgan fingerprint density at radius 1 is 1.00 bits per heavy atom. The van der Waals surface area contributed by atoms with E-state index in [0.717, 1.165) is 65.0 Å². The van der Waals surface area contributed by atoms with Crippen LogP contribution in [0.1, 0.15) is 32.1 Å². The van der Waals surface area contributed by atoms with Crippen LogP contribution in [0.4, 0.5) is 5.95 Å². The van der Waals surface area contributed by atoms with Gasteiger partial charge in [-0.05, 0) is 18.9 Å². The van der Waals surface area contributed by atoms with E-state index in [1.54, 1.807) is 12.4 Å². The first-order valence-electron chi connectivity index (χ1n) is 10.7. The van der Waals surface area contributed by atoms with E-state index in [4.69, 9.17) is 15.5 Å². The predicted octanol–water partition coefficient (Wildman–Crippen LogP) is 1.57. The molecule has 9 heteroatoms. The number of hydrogen-bond acceptors (Lipinski definition) is 6. The van der Waals surface area contributed by atoms with E-state index in [0.29, 0.717) is 5.96 Å². The number of piperazine rings is 1. The third-order valence-corrected chi connectivity index (χ3v) is 6.44. The Morgan fingerprint density at radius 2 is 1.66 bits per heavy atom. The molecule has 0 amide bonds. The number of anilines is 1. The first-order chi connectivity index (χ1) is 13.8. The molecule has 29 heavy (non-hydrogen) atoms. The lowest BCUT2D eigenvalue weighted by Gasteiger charge is -2.47. The first-order valence-corrected chi connectivity index (χ1v) is 10.7. The highest BCUT2D eigenvalue weighted by molar-refractivity contribution is 14.0.